The summed E-state index contributed by atoms with van der Waals surface area (Å²) in [5.41, 5.74) is 5.73. The number of hydrogen-bond donors (Lipinski definition) is 3. The van der Waals surface area contributed by atoms with Crippen LogP contribution < -0.4 is 11.1 Å². The number of nitrogens with two attached hydrogens (primary N) is 1. The second-order valence-corrected chi connectivity index (χ2v) is 4.29. The Bertz CT molecular complexity index is 438. The van der Waals surface area contributed by atoms with Gasteiger partial charge in [0.05, 0.1) is 5.75 Å². The van der Waals surface area contributed by atoms with E-state index < -0.39 is 0 Å². The lowest BCUT2D eigenvalue weighted by Gasteiger charge is -2.03. The monoisotopic (exact) mass is 269 g/mol. The van der Waals surface area contributed by atoms with Crippen molar-refractivity contribution in [3.63, 3.8) is 0 Å². The molecule has 1 aromatic rings. The Kier molecular flexibility index (Phi) is 5.92. The lowest BCUT2D eigenvalue weighted by atomic mass is 10.4. The van der Waals surface area contributed by atoms with Crippen LogP contribution in [0.25, 0.3) is 0 Å². The summed E-state index contributed by atoms with van der Waals surface area (Å²) < 4.78 is 0. The molecule has 7 nitrogen and oxygen atoms in total. The maximum atomic E-state index is 11.4. The summed E-state index contributed by atoms with van der Waals surface area (Å²) in [7, 11) is 0. The molecule has 0 aliphatic heterocycles. The molecular weight excluding hydrogens is 254 g/mol. The first-order chi connectivity index (χ1) is 8.67. The number of hydrogen-bond acceptors (Lipinski definition) is 6. The molecule has 0 radical (unpaired) electrons. The fourth-order valence-corrected chi connectivity index (χ4v) is 1.71. The van der Waals surface area contributed by atoms with Crippen molar-refractivity contribution >= 4 is 23.5 Å². The van der Waals surface area contributed by atoms with Crippen molar-refractivity contribution in [2.45, 2.75) is 18.5 Å². The van der Waals surface area contributed by atoms with Gasteiger partial charge < -0.3 is 16.3 Å². The summed E-state index contributed by atoms with van der Waals surface area (Å²) in [5, 5.41) is 14.5. The van der Waals surface area contributed by atoms with Gasteiger partial charge in [-0.1, -0.05) is 23.8 Å². The van der Waals surface area contributed by atoms with Crippen molar-refractivity contribution in [3.8, 4) is 0 Å². The first-order valence-corrected chi connectivity index (χ1v) is 6.36. The van der Waals surface area contributed by atoms with E-state index in [1.54, 1.807) is 0 Å². The SMILES string of the molecule is CCCNC(=O)CSc1nccc(/C(N)=N/O)n1. The van der Waals surface area contributed by atoms with Crippen LogP contribution in [0.1, 0.15) is 19.0 Å². The zero-order valence-electron chi connectivity index (χ0n) is 9.96. The van der Waals surface area contributed by atoms with Crippen LogP contribution in [-0.4, -0.2) is 39.2 Å². The lowest BCUT2D eigenvalue weighted by Crippen LogP contribution is -2.25. The molecule has 0 unspecified atom stereocenters. The number of rotatable bonds is 6. The third kappa shape index (κ3) is 4.58. The number of nitrogens with zero attached hydrogens (tertiary/aromatic N) is 3. The van der Waals surface area contributed by atoms with Gasteiger partial charge in [0.25, 0.3) is 0 Å². The first kappa shape index (κ1) is 14.2. The molecule has 0 saturated carbocycles. The summed E-state index contributed by atoms with van der Waals surface area (Å²) in [6.07, 6.45) is 2.39. The summed E-state index contributed by atoms with van der Waals surface area (Å²) in [4.78, 5) is 19.4. The fourth-order valence-electron chi connectivity index (χ4n) is 1.05. The van der Waals surface area contributed by atoms with Crippen molar-refractivity contribution in [2.75, 3.05) is 12.3 Å². The van der Waals surface area contributed by atoms with Crippen molar-refractivity contribution in [2.24, 2.45) is 10.9 Å². The molecule has 4 N–H and O–H groups in total. The van der Waals surface area contributed by atoms with Crippen LogP contribution in [-0.2, 0) is 4.79 Å². The van der Waals surface area contributed by atoms with E-state index in [2.05, 4.69) is 20.4 Å². The van der Waals surface area contributed by atoms with Gasteiger partial charge in [0.1, 0.15) is 5.69 Å². The van der Waals surface area contributed by atoms with Gasteiger partial charge in [-0.05, 0) is 12.5 Å². The van der Waals surface area contributed by atoms with Crippen LogP contribution in [0, 0.1) is 0 Å². The number of oxime groups is 1. The second-order valence-electron chi connectivity index (χ2n) is 3.35. The highest BCUT2D eigenvalue weighted by Gasteiger charge is 2.06. The van der Waals surface area contributed by atoms with Gasteiger partial charge in [-0.15, -0.1) is 0 Å². The molecule has 0 spiro atoms. The van der Waals surface area contributed by atoms with E-state index in [1.807, 2.05) is 6.92 Å². The van der Waals surface area contributed by atoms with E-state index in [0.29, 0.717) is 17.4 Å². The normalized spacial score (nSPS) is 11.3. The Hall–Kier alpha value is -1.83. The van der Waals surface area contributed by atoms with E-state index in [-0.39, 0.29) is 17.5 Å². The predicted molar refractivity (Wildman–Crippen MR) is 68.6 cm³/mol. The fraction of sp³-hybridized carbons (Fsp3) is 0.400. The van der Waals surface area contributed by atoms with Crippen molar-refractivity contribution < 1.29 is 10.0 Å². The van der Waals surface area contributed by atoms with Crippen LogP contribution >= 0.6 is 11.8 Å². The summed E-state index contributed by atoms with van der Waals surface area (Å²) >= 11 is 1.19. The second kappa shape index (κ2) is 7.49. The average molecular weight is 269 g/mol. The minimum Gasteiger partial charge on any atom is -0.409 e. The van der Waals surface area contributed by atoms with Gasteiger partial charge >= 0.3 is 0 Å². The molecule has 0 saturated heterocycles. The summed E-state index contributed by atoms with van der Waals surface area (Å²) in [6.45, 7) is 2.64. The maximum Gasteiger partial charge on any atom is 0.230 e. The number of amidine groups is 1. The van der Waals surface area contributed by atoms with Crippen LogP contribution in [0.15, 0.2) is 22.6 Å². The summed E-state index contributed by atoms with van der Waals surface area (Å²) in [6, 6.07) is 1.52. The van der Waals surface area contributed by atoms with Crippen LogP contribution in [0.4, 0.5) is 0 Å². The maximum absolute atomic E-state index is 11.4. The molecular formula is C10H15N5O2S. The standard InChI is InChI=1S/C10H15N5O2S/c1-2-4-12-8(16)6-18-10-13-5-3-7(14-10)9(11)15-17/h3,5,17H,2,4,6H2,1H3,(H2,11,15)(H,12,16). The topological polar surface area (TPSA) is 113 Å². The smallest absolute Gasteiger partial charge is 0.230 e. The minimum atomic E-state index is -0.0883. The largest absolute Gasteiger partial charge is 0.409 e. The quantitative estimate of drug-likeness (QED) is 0.170. The third-order valence-corrected chi connectivity index (χ3v) is 2.77. The van der Waals surface area contributed by atoms with E-state index >= 15 is 0 Å². The predicted octanol–water partition coefficient (Wildman–Crippen LogP) is 0.189. The number of nitrogens with one attached hydrogen (secondary N) is 1. The van der Waals surface area contributed by atoms with E-state index in [4.69, 9.17) is 10.9 Å². The highest BCUT2D eigenvalue weighted by Crippen LogP contribution is 2.11. The molecule has 0 aromatic carbocycles. The van der Waals surface area contributed by atoms with Gasteiger partial charge in [0.2, 0.25) is 5.91 Å². The zero-order chi connectivity index (χ0) is 13.4. The number of thioether (sulfide) groups is 1. The minimum absolute atomic E-state index is 0.0698. The number of carbonyl (C=O) groups excluding carboxylic acids is 1. The molecule has 18 heavy (non-hydrogen) atoms. The number of carbonyl (C=O) groups is 1. The molecule has 0 fully saturated rings. The van der Waals surface area contributed by atoms with E-state index in [9.17, 15) is 4.79 Å². The van der Waals surface area contributed by atoms with Crippen molar-refractivity contribution in [1.82, 2.24) is 15.3 Å². The molecule has 1 rings (SSSR count). The molecule has 0 aliphatic rings. The molecule has 0 bridgehead atoms. The van der Waals surface area contributed by atoms with Crippen molar-refractivity contribution in [3.05, 3.63) is 18.0 Å². The van der Waals surface area contributed by atoms with Gasteiger partial charge in [-0.2, -0.15) is 0 Å². The van der Waals surface area contributed by atoms with Gasteiger partial charge in [0.15, 0.2) is 11.0 Å². The lowest BCUT2D eigenvalue weighted by molar-refractivity contribution is -0.118. The van der Waals surface area contributed by atoms with Crippen LogP contribution in [0.5, 0.6) is 0 Å². The van der Waals surface area contributed by atoms with Gasteiger partial charge in [0, 0.05) is 12.7 Å². The van der Waals surface area contributed by atoms with E-state index in [0.717, 1.165) is 6.42 Å². The number of amides is 1. The highest BCUT2D eigenvalue weighted by molar-refractivity contribution is 7.99. The third-order valence-electron chi connectivity index (χ3n) is 1.91. The Balaban J connectivity index is 2.55. The van der Waals surface area contributed by atoms with Gasteiger partial charge in [-0.25, -0.2) is 9.97 Å². The molecule has 0 atom stereocenters. The Labute approximate surface area is 109 Å². The average Bonchev–Trinajstić information content (AvgIpc) is 2.42. The molecule has 1 heterocycles. The van der Waals surface area contributed by atoms with Crippen LogP contribution in [0.2, 0.25) is 0 Å². The molecule has 98 valence electrons. The van der Waals surface area contributed by atoms with Crippen molar-refractivity contribution in [1.29, 1.82) is 0 Å². The summed E-state index contributed by atoms with van der Waals surface area (Å²) in [5.74, 6) is 0.0777. The Morgan fingerprint density at radius 3 is 3.11 bits per heavy atom. The molecule has 1 aromatic heterocycles. The molecule has 0 aliphatic carbocycles. The van der Waals surface area contributed by atoms with E-state index in [1.165, 1.54) is 24.0 Å². The molecule has 8 heteroatoms. The first-order valence-electron chi connectivity index (χ1n) is 5.37. The Morgan fingerprint density at radius 1 is 1.67 bits per heavy atom. The van der Waals surface area contributed by atoms with Gasteiger partial charge in [-0.3, -0.25) is 4.79 Å². The Morgan fingerprint density at radius 2 is 2.44 bits per heavy atom. The number of aromatic nitrogens is 2. The highest BCUT2D eigenvalue weighted by atomic mass is 32.2. The van der Waals surface area contributed by atoms with Crippen LogP contribution in [0.3, 0.4) is 0 Å². The molecule has 1 amide bonds. The zero-order valence-corrected chi connectivity index (χ0v) is 10.8.